The highest BCUT2D eigenvalue weighted by Gasteiger charge is 2.18. The molecule has 0 saturated carbocycles. The van der Waals surface area contributed by atoms with E-state index in [-0.39, 0.29) is 6.04 Å². The van der Waals surface area contributed by atoms with Gasteiger partial charge in [-0.2, -0.15) is 0 Å². The van der Waals surface area contributed by atoms with Gasteiger partial charge in [-0.1, -0.05) is 12.5 Å². The third-order valence-electron chi connectivity index (χ3n) is 3.70. The number of hydrogen-bond acceptors (Lipinski definition) is 4. The predicted octanol–water partition coefficient (Wildman–Crippen LogP) is 2.57. The molecule has 0 radical (unpaired) electrons. The summed E-state index contributed by atoms with van der Waals surface area (Å²) in [6.45, 7) is 2.03. The average Bonchev–Trinajstić information content (AvgIpc) is 2.61. The lowest BCUT2D eigenvalue weighted by atomic mass is 10.1. The maximum Gasteiger partial charge on any atom is 0.178 e. The molecule has 0 spiro atoms. The van der Waals surface area contributed by atoms with E-state index < -0.39 is 0 Å². The predicted molar refractivity (Wildman–Crippen MR) is 74.5 cm³/mol. The molecule has 1 atom stereocenters. The second-order valence-electron chi connectivity index (χ2n) is 5.12. The van der Waals surface area contributed by atoms with Crippen LogP contribution >= 0.6 is 0 Å². The van der Waals surface area contributed by atoms with Crippen LogP contribution in [-0.4, -0.2) is 15.0 Å². The van der Waals surface area contributed by atoms with E-state index in [1.54, 1.807) is 6.20 Å². The minimum atomic E-state index is 0.0800. The SMILES string of the molecule is Cc1cccnc1-c1ncc2c(n1)CCCCC2N. The molecule has 0 aromatic carbocycles. The van der Waals surface area contributed by atoms with Gasteiger partial charge in [-0.15, -0.1) is 0 Å². The summed E-state index contributed by atoms with van der Waals surface area (Å²) in [7, 11) is 0. The zero-order valence-corrected chi connectivity index (χ0v) is 11.1. The van der Waals surface area contributed by atoms with Gasteiger partial charge in [0.25, 0.3) is 0 Å². The van der Waals surface area contributed by atoms with Crippen LogP contribution in [0.5, 0.6) is 0 Å². The van der Waals surface area contributed by atoms with Crippen LogP contribution in [0.4, 0.5) is 0 Å². The number of pyridine rings is 1. The summed E-state index contributed by atoms with van der Waals surface area (Å²) in [6, 6.07) is 4.04. The normalized spacial score (nSPS) is 18.7. The van der Waals surface area contributed by atoms with Gasteiger partial charge in [0.2, 0.25) is 0 Å². The van der Waals surface area contributed by atoms with Crippen LogP contribution in [0.25, 0.3) is 11.5 Å². The first-order chi connectivity index (χ1) is 9.25. The number of aryl methyl sites for hydroxylation is 2. The second kappa shape index (κ2) is 5.05. The molecule has 0 fully saturated rings. The molecule has 1 aliphatic carbocycles. The summed E-state index contributed by atoms with van der Waals surface area (Å²) < 4.78 is 0. The van der Waals surface area contributed by atoms with E-state index in [4.69, 9.17) is 10.7 Å². The molecule has 3 rings (SSSR count). The summed E-state index contributed by atoms with van der Waals surface area (Å²) in [6.07, 6.45) is 8.00. The number of fused-ring (bicyclic) bond motifs is 1. The molecular formula is C15H18N4. The Kier molecular flexibility index (Phi) is 3.25. The van der Waals surface area contributed by atoms with E-state index in [1.807, 2.05) is 25.3 Å². The summed E-state index contributed by atoms with van der Waals surface area (Å²) >= 11 is 0. The molecule has 2 N–H and O–H groups in total. The zero-order valence-electron chi connectivity index (χ0n) is 11.1. The van der Waals surface area contributed by atoms with Crippen molar-refractivity contribution in [3.8, 4) is 11.5 Å². The molecule has 1 aliphatic rings. The number of rotatable bonds is 1. The van der Waals surface area contributed by atoms with Crippen molar-refractivity contribution in [1.29, 1.82) is 0 Å². The summed E-state index contributed by atoms with van der Waals surface area (Å²) in [5.74, 6) is 0.714. The van der Waals surface area contributed by atoms with Gasteiger partial charge in [0.15, 0.2) is 5.82 Å². The highest BCUT2D eigenvalue weighted by atomic mass is 14.9. The smallest absolute Gasteiger partial charge is 0.178 e. The molecule has 0 amide bonds. The molecule has 0 bridgehead atoms. The van der Waals surface area contributed by atoms with Crippen LogP contribution in [0, 0.1) is 6.92 Å². The maximum absolute atomic E-state index is 6.17. The van der Waals surface area contributed by atoms with Crippen molar-refractivity contribution in [2.75, 3.05) is 0 Å². The molecule has 4 heteroatoms. The van der Waals surface area contributed by atoms with Crippen LogP contribution in [0.2, 0.25) is 0 Å². The molecule has 0 aliphatic heterocycles. The van der Waals surface area contributed by atoms with Crippen molar-refractivity contribution >= 4 is 0 Å². The van der Waals surface area contributed by atoms with Crippen LogP contribution in [-0.2, 0) is 6.42 Å². The van der Waals surface area contributed by atoms with Gasteiger partial charge in [0.1, 0.15) is 5.69 Å². The van der Waals surface area contributed by atoms with Crippen LogP contribution in [0.3, 0.4) is 0 Å². The van der Waals surface area contributed by atoms with Crippen LogP contribution in [0.15, 0.2) is 24.5 Å². The lowest BCUT2D eigenvalue weighted by Crippen LogP contribution is -2.12. The Morgan fingerprint density at radius 1 is 1.26 bits per heavy atom. The molecule has 0 saturated heterocycles. The van der Waals surface area contributed by atoms with E-state index >= 15 is 0 Å². The number of nitrogens with zero attached hydrogens (tertiary/aromatic N) is 3. The standard InChI is InChI=1S/C15H18N4/c1-10-5-4-8-17-14(10)15-18-9-11-12(16)6-2-3-7-13(11)19-15/h4-5,8-9,12H,2-3,6-7,16H2,1H3. The van der Waals surface area contributed by atoms with Crippen LogP contribution < -0.4 is 5.73 Å². The summed E-state index contributed by atoms with van der Waals surface area (Å²) in [4.78, 5) is 13.5. The van der Waals surface area contributed by atoms with Crippen molar-refractivity contribution < 1.29 is 0 Å². The maximum atomic E-state index is 6.17. The Morgan fingerprint density at radius 3 is 3.00 bits per heavy atom. The first-order valence-electron chi connectivity index (χ1n) is 6.79. The molecule has 2 heterocycles. The fraction of sp³-hybridized carbons (Fsp3) is 0.400. The molecule has 1 unspecified atom stereocenters. The molecular weight excluding hydrogens is 236 g/mol. The van der Waals surface area contributed by atoms with Crippen molar-refractivity contribution in [2.24, 2.45) is 5.73 Å². The van der Waals surface area contributed by atoms with Gasteiger partial charge >= 0.3 is 0 Å². The number of nitrogens with two attached hydrogens (primary N) is 1. The van der Waals surface area contributed by atoms with E-state index in [0.29, 0.717) is 5.82 Å². The number of aromatic nitrogens is 3. The van der Waals surface area contributed by atoms with Gasteiger partial charge in [0, 0.05) is 29.7 Å². The van der Waals surface area contributed by atoms with Gasteiger partial charge in [-0.05, 0) is 37.8 Å². The quantitative estimate of drug-likeness (QED) is 0.794. The van der Waals surface area contributed by atoms with Gasteiger partial charge in [-0.3, -0.25) is 4.98 Å². The highest BCUT2D eigenvalue weighted by Crippen LogP contribution is 2.27. The Labute approximate surface area is 113 Å². The average molecular weight is 254 g/mol. The Bertz CT molecular complexity index is 594. The Morgan fingerprint density at radius 2 is 2.16 bits per heavy atom. The lowest BCUT2D eigenvalue weighted by molar-refractivity contribution is 0.614. The van der Waals surface area contributed by atoms with Crippen molar-refractivity contribution in [3.63, 3.8) is 0 Å². The monoisotopic (exact) mass is 254 g/mol. The largest absolute Gasteiger partial charge is 0.324 e. The van der Waals surface area contributed by atoms with Gasteiger partial charge in [0.05, 0.1) is 0 Å². The molecule has 4 nitrogen and oxygen atoms in total. The molecule has 2 aromatic rings. The van der Waals surface area contributed by atoms with E-state index in [2.05, 4.69) is 9.97 Å². The minimum Gasteiger partial charge on any atom is -0.324 e. The third kappa shape index (κ3) is 2.36. The summed E-state index contributed by atoms with van der Waals surface area (Å²) in [5.41, 5.74) is 10.3. The van der Waals surface area contributed by atoms with Crippen molar-refractivity contribution in [1.82, 2.24) is 15.0 Å². The molecule has 98 valence electrons. The van der Waals surface area contributed by atoms with E-state index in [0.717, 1.165) is 48.2 Å². The first kappa shape index (κ1) is 12.2. The van der Waals surface area contributed by atoms with Crippen molar-refractivity contribution in [2.45, 2.75) is 38.6 Å². The molecule has 19 heavy (non-hydrogen) atoms. The topological polar surface area (TPSA) is 64.7 Å². The fourth-order valence-electron chi connectivity index (χ4n) is 2.58. The van der Waals surface area contributed by atoms with Gasteiger partial charge < -0.3 is 5.73 Å². The van der Waals surface area contributed by atoms with Gasteiger partial charge in [-0.25, -0.2) is 9.97 Å². The lowest BCUT2D eigenvalue weighted by Gasteiger charge is -2.12. The second-order valence-corrected chi connectivity index (χ2v) is 5.12. The van der Waals surface area contributed by atoms with Crippen LogP contribution in [0.1, 0.15) is 42.1 Å². The Balaban J connectivity index is 2.06. The minimum absolute atomic E-state index is 0.0800. The Hall–Kier alpha value is -1.81. The van der Waals surface area contributed by atoms with Crippen molar-refractivity contribution in [3.05, 3.63) is 41.3 Å². The van der Waals surface area contributed by atoms with E-state index in [9.17, 15) is 0 Å². The molecule has 2 aromatic heterocycles. The van der Waals surface area contributed by atoms with E-state index in [1.165, 1.54) is 0 Å². The highest BCUT2D eigenvalue weighted by molar-refractivity contribution is 5.54. The first-order valence-corrected chi connectivity index (χ1v) is 6.79. The third-order valence-corrected chi connectivity index (χ3v) is 3.70. The zero-order chi connectivity index (χ0) is 13.2. The fourth-order valence-corrected chi connectivity index (χ4v) is 2.58. The number of hydrogen-bond donors (Lipinski definition) is 1. The summed E-state index contributed by atoms with van der Waals surface area (Å²) in [5, 5.41) is 0.